The Balaban J connectivity index is 1.46. The van der Waals surface area contributed by atoms with Gasteiger partial charge in [0.15, 0.2) is 24.4 Å². The lowest BCUT2D eigenvalue weighted by Crippen LogP contribution is -2.74. The number of benzene rings is 1. The first-order valence-corrected chi connectivity index (χ1v) is 12.0. The molecule has 2 bridgehead atoms. The minimum atomic E-state index is -2.38. The van der Waals surface area contributed by atoms with Crippen molar-refractivity contribution in [2.45, 2.75) is 74.3 Å². The molecule has 2 aliphatic heterocycles. The van der Waals surface area contributed by atoms with Crippen LogP contribution in [0.1, 0.15) is 36.5 Å². The Morgan fingerprint density at radius 3 is 2.59 bits per heavy atom. The minimum absolute atomic E-state index is 0.00411. The average molecular weight is 520 g/mol. The lowest BCUT2D eigenvalue weighted by Gasteiger charge is -2.61. The SMILES string of the molecule is C[C@H](OC(=O)[C@H](O)[C@@H](O)C(=O)OC1=CC[C@@]2(O)[C@H]3Cc4ccc(CO)c5c4[C@@]2(CCN3C)[C@H]1O5)C(=O)O. The van der Waals surface area contributed by atoms with Gasteiger partial charge in [-0.2, -0.15) is 0 Å². The number of nitrogens with zero attached hydrogens (tertiary/aromatic N) is 1. The van der Waals surface area contributed by atoms with E-state index in [1.165, 1.54) is 6.08 Å². The number of hydrogen-bond acceptors (Lipinski definition) is 11. The van der Waals surface area contributed by atoms with Gasteiger partial charge in [0.25, 0.3) is 0 Å². The summed E-state index contributed by atoms with van der Waals surface area (Å²) in [5.41, 5.74) is 0.0291. The highest BCUT2D eigenvalue weighted by Crippen LogP contribution is 2.64. The van der Waals surface area contributed by atoms with E-state index in [0.717, 1.165) is 18.1 Å². The zero-order valence-corrected chi connectivity index (χ0v) is 20.3. The van der Waals surface area contributed by atoms with Gasteiger partial charge in [-0.25, -0.2) is 14.4 Å². The Morgan fingerprint density at radius 2 is 1.92 bits per heavy atom. The smallest absolute Gasteiger partial charge is 0.344 e. The molecule has 1 fully saturated rings. The van der Waals surface area contributed by atoms with Crippen LogP contribution in [0.5, 0.6) is 5.75 Å². The Bertz CT molecular complexity index is 1200. The Kier molecular flexibility index (Phi) is 6.07. The first-order chi connectivity index (χ1) is 17.5. The number of carboxylic acid groups (broad SMARTS) is 1. The third kappa shape index (κ3) is 3.51. The fraction of sp³-hybridized carbons (Fsp3) is 0.560. The highest BCUT2D eigenvalue weighted by atomic mass is 16.6. The van der Waals surface area contributed by atoms with E-state index in [0.29, 0.717) is 30.7 Å². The number of aliphatic hydroxyl groups is 4. The van der Waals surface area contributed by atoms with Crippen molar-refractivity contribution in [1.29, 1.82) is 0 Å². The Morgan fingerprint density at radius 1 is 1.22 bits per heavy atom. The number of hydrogen-bond donors (Lipinski definition) is 5. The molecule has 0 aromatic heterocycles. The fourth-order valence-electron chi connectivity index (χ4n) is 6.36. The second-order valence-corrected chi connectivity index (χ2v) is 10.1. The van der Waals surface area contributed by atoms with Crippen LogP contribution in [0.15, 0.2) is 24.0 Å². The zero-order valence-electron chi connectivity index (χ0n) is 20.3. The highest BCUT2D eigenvalue weighted by molar-refractivity contribution is 5.87. The Hall–Kier alpha value is -3.03. The maximum Gasteiger partial charge on any atom is 0.344 e. The summed E-state index contributed by atoms with van der Waals surface area (Å²) in [6.45, 7) is 1.38. The zero-order chi connectivity index (χ0) is 26.9. The second-order valence-electron chi connectivity index (χ2n) is 10.1. The van der Waals surface area contributed by atoms with Crippen LogP contribution in [0.25, 0.3) is 0 Å². The summed E-state index contributed by atoms with van der Waals surface area (Å²) in [7, 11) is 1.94. The number of likely N-dealkylation sites (N-methyl/N-ethyl adjacent to an activating group) is 1. The predicted octanol–water partition coefficient (Wildman–Crippen LogP) is -1.26. The van der Waals surface area contributed by atoms with Gasteiger partial charge >= 0.3 is 17.9 Å². The average Bonchev–Trinajstić information content (AvgIpc) is 3.22. The summed E-state index contributed by atoms with van der Waals surface area (Å²) in [6, 6.07) is 3.44. The van der Waals surface area contributed by atoms with Gasteiger partial charge in [-0.1, -0.05) is 12.1 Å². The molecule has 2 heterocycles. The molecule has 0 radical (unpaired) electrons. The van der Waals surface area contributed by atoms with Gasteiger partial charge in [0.1, 0.15) is 11.5 Å². The molecule has 0 unspecified atom stereocenters. The van der Waals surface area contributed by atoms with Gasteiger partial charge < -0.3 is 44.6 Å². The number of ether oxygens (including phenoxy) is 3. The van der Waals surface area contributed by atoms with Crippen LogP contribution in [-0.4, -0.2) is 98.0 Å². The molecule has 200 valence electrons. The van der Waals surface area contributed by atoms with Gasteiger partial charge in [0.05, 0.1) is 17.6 Å². The largest absolute Gasteiger partial charge is 0.481 e. The second kappa shape index (κ2) is 8.77. The number of carboxylic acids is 1. The van der Waals surface area contributed by atoms with Crippen molar-refractivity contribution in [3.8, 4) is 5.75 Å². The number of piperidine rings is 1. The highest BCUT2D eigenvalue weighted by Gasteiger charge is 2.72. The number of carbonyl (C=O) groups excluding carboxylic acids is 2. The molecule has 12 nitrogen and oxygen atoms in total. The van der Waals surface area contributed by atoms with E-state index in [9.17, 15) is 34.8 Å². The molecule has 12 heteroatoms. The van der Waals surface area contributed by atoms with Gasteiger partial charge in [0, 0.05) is 23.6 Å². The van der Waals surface area contributed by atoms with Crippen molar-refractivity contribution in [3.05, 3.63) is 40.7 Å². The summed E-state index contributed by atoms with van der Waals surface area (Å²) in [5, 5.41) is 51.3. The fourth-order valence-corrected chi connectivity index (χ4v) is 6.36. The number of aliphatic carboxylic acids is 1. The molecular weight excluding hydrogens is 490 g/mol. The lowest BCUT2D eigenvalue weighted by atomic mass is 9.50. The van der Waals surface area contributed by atoms with E-state index < -0.39 is 53.3 Å². The molecule has 5 N–H and O–H groups in total. The van der Waals surface area contributed by atoms with Crippen molar-refractivity contribution < 1.29 is 54.1 Å². The number of likely N-dealkylation sites (tertiary alicyclic amines) is 1. The lowest BCUT2D eigenvalue weighted by molar-refractivity contribution is -0.182. The van der Waals surface area contributed by atoms with Crippen molar-refractivity contribution in [3.63, 3.8) is 0 Å². The summed E-state index contributed by atoms with van der Waals surface area (Å²) in [5.74, 6) is -3.91. The maximum absolute atomic E-state index is 12.8. The van der Waals surface area contributed by atoms with Crippen LogP contribution in [0.2, 0.25) is 0 Å². The number of aliphatic hydroxyl groups excluding tert-OH is 3. The van der Waals surface area contributed by atoms with E-state index in [4.69, 9.17) is 14.6 Å². The van der Waals surface area contributed by atoms with E-state index in [2.05, 4.69) is 9.64 Å². The van der Waals surface area contributed by atoms with Gasteiger partial charge in [-0.3, -0.25) is 0 Å². The standard InChI is InChI=1S/C25H29NO11/c1-11(21(30)31)35-22(32)17(28)18(29)23(33)36-14-5-6-25(34)15-9-12-3-4-13(10-27)19-16(12)24(25,20(14)37-19)7-8-26(15)2/h3-5,11,15,17-18,20,27-29,34H,6-10H2,1-2H3,(H,30,31)/t11-,15+,17+,18+,20-,24-,25+/m0/s1. The topological polar surface area (TPSA) is 183 Å². The van der Waals surface area contributed by atoms with Gasteiger partial charge in [0.2, 0.25) is 0 Å². The molecule has 1 aromatic rings. The van der Waals surface area contributed by atoms with Crippen LogP contribution in [0, 0.1) is 0 Å². The third-order valence-electron chi connectivity index (χ3n) is 8.27. The number of rotatable bonds is 7. The summed E-state index contributed by atoms with van der Waals surface area (Å²) >= 11 is 0. The molecule has 5 rings (SSSR count). The van der Waals surface area contributed by atoms with Crippen LogP contribution >= 0.6 is 0 Å². The predicted molar refractivity (Wildman–Crippen MR) is 122 cm³/mol. The minimum Gasteiger partial charge on any atom is -0.481 e. The molecular formula is C25H29NO11. The van der Waals surface area contributed by atoms with Crippen molar-refractivity contribution in [2.75, 3.05) is 13.6 Å². The molecule has 1 saturated heterocycles. The molecule has 7 atom stereocenters. The van der Waals surface area contributed by atoms with Gasteiger partial charge in [-0.05, 0) is 45.0 Å². The van der Waals surface area contributed by atoms with Crippen molar-refractivity contribution in [1.82, 2.24) is 4.90 Å². The van der Waals surface area contributed by atoms with Crippen molar-refractivity contribution in [2.24, 2.45) is 0 Å². The van der Waals surface area contributed by atoms with E-state index >= 15 is 0 Å². The molecule has 4 aliphatic rings. The summed E-state index contributed by atoms with van der Waals surface area (Å²) in [6.07, 6.45) is -4.65. The maximum atomic E-state index is 12.8. The molecule has 2 aliphatic carbocycles. The van der Waals surface area contributed by atoms with Gasteiger partial charge in [-0.15, -0.1) is 0 Å². The number of carbonyl (C=O) groups is 3. The molecule has 0 saturated carbocycles. The third-order valence-corrected chi connectivity index (χ3v) is 8.27. The van der Waals surface area contributed by atoms with Crippen LogP contribution < -0.4 is 4.74 Å². The monoisotopic (exact) mass is 519 g/mol. The first-order valence-electron chi connectivity index (χ1n) is 12.0. The summed E-state index contributed by atoms with van der Waals surface area (Å²) < 4.78 is 16.3. The molecule has 1 spiro atoms. The number of esters is 2. The quantitative estimate of drug-likeness (QED) is 0.270. The van der Waals surface area contributed by atoms with Crippen molar-refractivity contribution >= 4 is 17.9 Å². The molecule has 37 heavy (non-hydrogen) atoms. The first kappa shape index (κ1) is 25.6. The Labute approximate surface area is 211 Å². The van der Waals surface area contributed by atoms with E-state index in [1.54, 1.807) is 6.07 Å². The molecule has 1 aromatic carbocycles. The van der Waals surface area contributed by atoms with E-state index in [-0.39, 0.29) is 24.8 Å². The summed E-state index contributed by atoms with van der Waals surface area (Å²) in [4.78, 5) is 37.7. The normalized spacial score (nSPS) is 31.8. The van der Waals surface area contributed by atoms with Crippen LogP contribution in [0.3, 0.4) is 0 Å². The molecule has 0 amide bonds. The van der Waals surface area contributed by atoms with Crippen LogP contribution in [0.4, 0.5) is 0 Å². The van der Waals surface area contributed by atoms with E-state index in [1.807, 2.05) is 13.1 Å². The van der Waals surface area contributed by atoms with Crippen LogP contribution in [-0.2, 0) is 42.3 Å².